The topological polar surface area (TPSA) is 144 Å². The molecule has 0 saturated carbocycles. The Morgan fingerprint density at radius 1 is 0.792 bits per heavy atom. The Morgan fingerprint density at radius 3 is 1.33 bits per heavy atom. The van der Waals surface area contributed by atoms with E-state index in [1.165, 1.54) is 0 Å². The lowest BCUT2D eigenvalue weighted by atomic mass is 10.1. The van der Waals surface area contributed by atoms with Crippen LogP contribution in [0.3, 0.4) is 0 Å². The summed E-state index contributed by atoms with van der Waals surface area (Å²) in [5.74, 6) is 1.10. The molecule has 0 aromatic heterocycles. The van der Waals surface area contributed by atoms with Gasteiger partial charge in [-0.1, -0.05) is 12.8 Å². The minimum Gasteiger partial charge on any atom is -0.333 e. The van der Waals surface area contributed by atoms with E-state index in [1.807, 2.05) is 0 Å². The molecule has 2 atom stereocenters. The van der Waals surface area contributed by atoms with E-state index in [-0.39, 0.29) is 0 Å². The second-order valence-corrected chi connectivity index (χ2v) is 14.2. The first-order valence-electron chi connectivity index (χ1n) is 8.18. The van der Waals surface area contributed by atoms with Crippen molar-refractivity contribution in [1.82, 2.24) is 0 Å². The summed E-state index contributed by atoms with van der Waals surface area (Å²) in [4.78, 5) is 18.9. The van der Waals surface area contributed by atoms with Crippen LogP contribution in [0, 0.1) is 0 Å². The summed E-state index contributed by atoms with van der Waals surface area (Å²) in [6.45, 7) is 6.68. The monoisotopic (exact) mass is 404 g/mol. The van der Waals surface area contributed by atoms with Crippen LogP contribution in [0.4, 0.5) is 0 Å². The summed E-state index contributed by atoms with van der Waals surface area (Å²) in [6, 6.07) is 0. The summed E-state index contributed by atoms with van der Waals surface area (Å²) in [6.07, 6.45) is 3.88. The number of rotatable bonds is 12. The van der Waals surface area contributed by atoms with Gasteiger partial charge in [0.1, 0.15) is 0 Å². The van der Waals surface area contributed by atoms with Crippen LogP contribution >= 0.6 is 15.0 Å². The SMILES string of the molecule is CC(C)(CCCCS(=O)CCCCC(C)(C)P(N)(=O)O)P(N)(=O)O. The third kappa shape index (κ3) is 8.70. The summed E-state index contributed by atoms with van der Waals surface area (Å²) < 4.78 is 35.0. The molecule has 0 aliphatic rings. The highest BCUT2D eigenvalue weighted by atomic mass is 32.2. The molecule has 0 aliphatic heterocycles. The van der Waals surface area contributed by atoms with E-state index in [0.717, 1.165) is 12.8 Å². The van der Waals surface area contributed by atoms with Crippen LogP contribution in [0.5, 0.6) is 0 Å². The molecule has 0 heterocycles. The molecule has 0 aromatic rings. The van der Waals surface area contributed by atoms with Crippen LogP contribution in [0.25, 0.3) is 0 Å². The minimum atomic E-state index is -3.61. The van der Waals surface area contributed by atoms with Crippen molar-refractivity contribution >= 4 is 25.8 Å². The smallest absolute Gasteiger partial charge is 0.270 e. The predicted molar refractivity (Wildman–Crippen MR) is 102 cm³/mol. The zero-order chi connectivity index (χ0) is 19.2. The molecule has 7 nitrogen and oxygen atoms in total. The van der Waals surface area contributed by atoms with E-state index in [0.29, 0.717) is 37.2 Å². The van der Waals surface area contributed by atoms with Crippen molar-refractivity contribution in [2.75, 3.05) is 11.5 Å². The quantitative estimate of drug-likeness (QED) is 0.289. The van der Waals surface area contributed by atoms with Gasteiger partial charge in [-0.3, -0.25) is 24.3 Å². The van der Waals surface area contributed by atoms with Crippen molar-refractivity contribution in [3.8, 4) is 0 Å². The van der Waals surface area contributed by atoms with Crippen LogP contribution in [0.1, 0.15) is 66.2 Å². The Labute approximate surface area is 148 Å². The number of hydrogen-bond donors (Lipinski definition) is 4. The standard InChI is InChI=1S/C14H34N2O5P2S/c1-13(2,22(15,17)18)9-5-7-11-24(21)12-8-6-10-14(3,4)23(16,19)20/h5-12H2,1-4H3,(H3,15,17,18)(H3,16,19,20). The fourth-order valence-corrected chi connectivity index (χ4v) is 4.28. The molecule has 0 fully saturated rings. The van der Waals surface area contributed by atoms with E-state index in [1.54, 1.807) is 27.7 Å². The highest BCUT2D eigenvalue weighted by molar-refractivity contribution is 7.84. The minimum absolute atomic E-state index is 0.519. The van der Waals surface area contributed by atoms with Gasteiger partial charge >= 0.3 is 0 Å². The van der Waals surface area contributed by atoms with Crippen molar-refractivity contribution in [1.29, 1.82) is 0 Å². The van der Waals surface area contributed by atoms with Gasteiger partial charge in [0.25, 0.3) is 15.0 Å². The Hall–Kier alpha value is 0.450. The molecule has 24 heavy (non-hydrogen) atoms. The molecule has 0 saturated heterocycles. The molecular formula is C14H34N2O5P2S. The maximum atomic E-state index is 11.9. The van der Waals surface area contributed by atoms with Gasteiger partial charge in [-0.25, -0.2) is 0 Å². The fourth-order valence-electron chi connectivity index (χ4n) is 2.06. The molecule has 146 valence electrons. The lowest BCUT2D eigenvalue weighted by molar-refractivity contribution is 0.422. The van der Waals surface area contributed by atoms with E-state index in [4.69, 9.17) is 11.0 Å². The first-order chi connectivity index (χ1) is 10.6. The van der Waals surface area contributed by atoms with Crippen LogP contribution in [-0.4, -0.2) is 35.8 Å². The number of unbranched alkanes of at least 4 members (excludes halogenated alkanes) is 2. The van der Waals surface area contributed by atoms with Gasteiger partial charge in [0, 0.05) is 22.3 Å². The van der Waals surface area contributed by atoms with Gasteiger partial charge in [0.15, 0.2) is 0 Å². The normalized spacial score (nSPS) is 19.5. The first kappa shape index (κ1) is 24.5. The van der Waals surface area contributed by atoms with Gasteiger partial charge in [-0.2, -0.15) is 0 Å². The highest BCUT2D eigenvalue weighted by Crippen LogP contribution is 2.50. The average Bonchev–Trinajstić information content (AvgIpc) is 2.37. The van der Waals surface area contributed by atoms with Crippen LogP contribution in [-0.2, 0) is 19.9 Å². The third-order valence-corrected chi connectivity index (χ3v) is 9.96. The van der Waals surface area contributed by atoms with Gasteiger partial charge in [-0.15, -0.1) is 0 Å². The van der Waals surface area contributed by atoms with Gasteiger partial charge in [0.2, 0.25) is 0 Å². The van der Waals surface area contributed by atoms with Gasteiger partial charge in [0.05, 0.1) is 10.3 Å². The molecule has 0 aliphatic carbocycles. The summed E-state index contributed by atoms with van der Waals surface area (Å²) in [5.41, 5.74) is 10.6. The Bertz CT molecular complexity index is 469. The van der Waals surface area contributed by atoms with Crippen molar-refractivity contribution in [3.63, 3.8) is 0 Å². The van der Waals surface area contributed by atoms with Crippen molar-refractivity contribution < 1.29 is 23.1 Å². The predicted octanol–water partition coefficient (Wildman–Crippen LogP) is 2.92. The van der Waals surface area contributed by atoms with Crippen molar-refractivity contribution in [2.24, 2.45) is 11.0 Å². The maximum Gasteiger partial charge on any atom is 0.270 e. The summed E-state index contributed by atoms with van der Waals surface area (Å²) in [7, 11) is -8.17. The van der Waals surface area contributed by atoms with E-state index in [9.17, 15) is 23.1 Å². The molecule has 0 aromatic carbocycles. The van der Waals surface area contributed by atoms with Crippen LogP contribution in [0.2, 0.25) is 0 Å². The zero-order valence-electron chi connectivity index (χ0n) is 15.2. The Kier molecular flexibility index (Phi) is 9.58. The fraction of sp³-hybridized carbons (Fsp3) is 1.00. The molecular weight excluding hydrogens is 370 g/mol. The number of hydrogen-bond acceptors (Lipinski definition) is 3. The van der Waals surface area contributed by atoms with Crippen LogP contribution < -0.4 is 11.0 Å². The third-order valence-electron chi connectivity index (χ3n) is 4.56. The Balaban J connectivity index is 3.94. The van der Waals surface area contributed by atoms with Crippen molar-refractivity contribution in [3.05, 3.63) is 0 Å². The molecule has 6 N–H and O–H groups in total. The van der Waals surface area contributed by atoms with Gasteiger partial charge in [-0.05, 0) is 53.4 Å². The first-order valence-corrected chi connectivity index (χ1v) is 13.1. The highest BCUT2D eigenvalue weighted by Gasteiger charge is 2.35. The van der Waals surface area contributed by atoms with Crippen LogP contribution in [0.15, 0.2) is 0 Å². The molecule has 0 amide bonds. The number of nitrogens with two attached hydrogens (primary N) is 2. The zero-order valence-corrected chi connectivity index (χ0v) is 17.8. The Morgan fingerprint density at radius 2 is 1.08 bits per heavy atom. The van der Waals surface area contributed by atoms with E-state index >= 15 is 0 Å². The lowest BCUT2D eigenvalue weighted by Gasteiger charge is -2.27. The molecule has 10 heteroatoms. The largest absolute Gasteiger partial charge is 0.333 e. The van der Waals surface area contributed by atoms with Crippen molar-refractivity contribution in [2.45, 2.75) is 76.5 Å². The second-order valence-electron chi connectivity index (χ2n) is 7.63. The molecule has 0 radical (unpaired) electrons. The summed E-state index contributed by atoms with van der Waals surface area (Å²) in [5, 5.41) is -1.64. The lowest BCUT2D eigenvalue weighted by Crippen LogP contribution is -2.24. The maximum absolute atomic E-state index is 11.9. The van der Waals surface area contributed by atoms with Gasteiger partial charge < -0.3 is 9.79 Å². The summed E-state index contributed by atoms with van der Waals surface area (Å²) >= 11 is 0. The molecule has 2 unspecified atom stereocenters. The molecule has 0 rings (SSSR count). The molecule has 0 spiro atoms. The second kappa shape index (κ2) is 9.40. The molecule has 0 bridgehead atoms. The average molecular weight is 404 g/mol. The van der Waals surface area contributed by atoms with E-state index < -0.39 is 36.2 Å². The van der Waals surface area contributed by atoms with E-state index in [2.05, 4.69) is 0 Å².